The van der Waals surface area contributed by atoms with E-state index in [0.717, 1.165) is 32.2 Å². The van der Waals surface area contributed by atoms with E-state index < -0.39 is 0 Å². The van der Waals surface area contributed by atoms with Gasteiger partial charge in [-0.15, -0.1) is 0 Å². The molecule has 1 aliphatic rings. The predicted molar refractivity (Wildman–Crippen MR) is 75.1 cm³/mol. The zero-order valence-electron chi connectivity index (χ0n) is 11.4. The van der Waals surface area contributed by atoms with Crippen LogP contribution >= 0.6 is 0 Å². The van der Waals surface area contributed by atoms with Crippen molar-refractivity contribution in [1.82, 2.24) is 10.6 Å². The summed E-state index contributed by atoms with van der Waals surface area (Å²) in [5.41, 5.74) is 1.91. The van der Waals surface area contributed by atoms with Gasteiger partial charge in [0.2, 0.25) is 0 Å². The van der Waals surface area contributed by atoms with Gasteiger partial charge in [-0.1, -0.05) is 12.1 Å². The maximum atomic E-state index is 11.4. The first-order valence-electron chi connectivity index (χ1n) is 6.89. The first kappa shape index (κ1) is 14.0. The van der Waals surface area contributed by atoms with Crippen LogP contribution in [0.4, 0.5) is 0 Å². The lowest BCUT2D eigenvalue weighted by Gasteiger charge is -2.09. The average molecular weight is 262 g/mol. The highest BCUT2D eigenvalue weighted by molar-refractivity contribution is 5.93. The number of carbonyl (C=O) groups excluding carboxylic acids is 1. The molecule has 2 rings (SSSR count). The van der Waals surface area contributed by atoms with Gasteiger partial charge in [-0.2, -0.15) is 0 Å². The number of hydrogen-bond acceptors (Lipinski definition) is 3. The number of benzene rings is 1. The van der Waals surface area contributed by atoms with Gasteiger partial charge in [0.05, 0.1) is 0 Å². The molecule has 0 aromatic heterocycles. The monoisotopic (exact) mass is 262 g/mol. The highest BCUT2D eigenvalue weighted by atomic mass is 16.5. The summed E-state index contributed by atoms with van der Waals surface area (Å²) >= 11 is 0. The molecular weight excluding hydrogens is 240 g/mol. The van der Waals surface area contributed by atoms with Crippen molar-refractivity contribution in [2.75, 3.05) is 26.8 Å². The smallest absolute Gasteiger partial charge is 0.251 e. The lowest BCUT2D eigenvalue weighted by atomic mass is 10.1. The Labute approximate surface area is 114 Å². The van der Waals surface area contributed by atoms with Crippen LogP contribution in [-0.4, -0.2) is 32.7 Å². The standard InChI is InChI=1S/C15H22N2O2/c1-16-15(18)14-4-2-12(3-5-14)10-17-8-6-13-7-9-19-11-13/h2-5,13,17H,6-11H2,1H3,(H,16,18). The van der Waals surface area contributed by atoms with Crippen LogP contribution in [0.2, 0.25) is 0 Å². The van der Waals surface area contributed by atoms with Gasteiger partial charge in [-0.05, 0) is 43.0 Å². The maximum Gasteiger partial charge on any atom is 0.251 e. The minimum absolute atomic E-state index is 0.0410. The van der Waals surface area contributed by atoms with Crippen molar-refractivity contribution < 1.29 is 9.53 Å². The molecule has 1 aliphatic heterocycles. The molecule has 104 valence electrons. The lowest BCUT2D eigenvalue weighted by Crippen LogP contribution is -2.19. The second kappa shape index (κ2) is 7.26. The Kier molecular flexibility index (Phi) is 5.36. The van der Waals surface area contributed by atoms with E-state index in [2.05, 4.69) is 10.6 Å². The number of hydrogen-bond donors (Lipinski definition) is 2. The van der Waals surface area contributed by atoms with Crippen LogP contribution in [0.5, 0.6) is 0 Å². The second-order valence-corrected chi connectivity index (χ2v) is 4.97. The fraction of sp³-hybridized carbons (Fsp3) is 0.533. The van der Waals surface area contributed by atoms with Gasteiger partial charge in [0.15, 0.2) is 0 Å². The van der Waals surface area contributed by atoms with Crippen molar-refractivity contribution in [1.29, 1.82) is 0 Å². The summed E-state index contributed by atoms with van der Waals surface area (Å²) in [6.07, 6.45) is 2.37. The SMILES string of the molecule is CNC(=O)c1ccc(CNCCC2CCOC2)cc1. The summed E-state index contributed by atoms with van der Waals surface area (Å²) in [7, 11) is 1.64. The molecule has 1 atom stereocenters. The van der Waals surface area contributed by atoms with E-state index in [1.165, 1.54) is 18.4 Å². The quantitative estimate of drug-likeness (QED) is 0.765. The minimum atomic E-state index is -0.0410. The molecule has 1 aromatic carbocycles. The summed E-state index contributed by atoms with van der Waals surface area (Å²) in [5, 5.41) is 6.05. The fourth-order valence-corrected chi connectivity index (χ4v) is 2.27. The zero-order valence-corrected chi connectivity index (χ0v) is 11.4. The topological polar surface area (TPSA) is 50.4 Å². The van der Waals surface area contributed by atoms with Crippen LogP contribution < -0.4 is 10.6 Å². The molecule has 1 unspecified atom stereocenters. The van der Waals surface area contributed by atoms with Gasteiger partial charge in [-0.25, -0.2) is 0 Å². The van der Waals surface area contributed by atoms with Crippen LogP contribution in [0, 0.1) is 5.92 Å². The third-order valence-corrected chi connectivity index (χ3v) is 3.53. The molecule has 0 saturated carbocycles. The largest absolute Gasteiger partial charge is 0.381 e. The van der Waals surface area contributed by atoms with E-state index >= 15 is 0 Å². The van der Waals surface area contributed by atoms with Crippen LogP contribution in [0.15, 0.2) is 24.3 Å². The number of rotatable bonds is 6. The van der Waals surface area contributed by atoms with E-state index in [4.69, 9.17) is 4.74 Å². The number of ether oxygens (including phenoxy) is 1. The number of amides is 1. The Bertz CT molecular complexity index is 397. The molecule has 1 fully saturated rings. The van der Waals surface area contributed by atoms with Crippen molar-refractivity contribution in [3.8, 4) is 0 Å². The molecule has 1 saturated heterocycles. The minimum Gasteiger partial charge on any atom is -0.381 e. The summed E-state index contributed by atoms with van der Waals surface area (Å²) in [6.45, 7) is 3.71. The Morgan fingerprint density at radius 1 is 1.37 bits per heavy atom. The normalized spacial score (nSPS) is 18.5. The first-order valence-corrected chi connectivity index (χ1v) is 6.89. The van der Waals surface area contributed by atoms with Gasteiger partial charge < -0.3 is 15.4 Å². The van der Waals surface area contributed by atoms with Gasteiger partial charge in [-0.3, -0.25) is 4.79 Å². The summed E-state index contributed by atoms with van der Waals surface area (Å²) in [6, 6.07) is 7.72. The van der Waals surface area contributed by atoms with Crippen LogP contribution in [0.3, 0.4) is 0 Å². The third-order valence-electron chi connectivity index (χ3n) is 3.53. The van der Waals surface area contributed by atoms with Crippen molar-refractivity contribution in [3.05, 3.63) is 35.4 Å². The van der Waals surface area contributed by atoms with E-state index in [9.17, 15) is 4.79 Å². The Hall–Kier alpha value is -1.39. The van der Waals surface area contributed by atoms with E-state index in [1.807, 2.05) is 24.3 Å². The van der Waals surface area contributed by atoms with Crippen molar-refractivity contribution >= 4 is 5.91 Å². The van der Waals surface area contributed by atoms with Gasteiger partial charge >= 0.3 is 0 Å². The molecule has 4 heteroatoms. The van der Waals surface area contributed by atoms with Crippen LogP contribution in [0.1, 0.15) is 28.8 Å². The number of carbonyl (C=O) groups is 1. The predicted octanol–water partition coefficient (Wildman–Crippen LogP) is 1.56. The molecule has 0 radical (unpaired) electrons. The molecule has 1 heterocycles. The average Bonchev–Trinajstić information content (AvgIpc) is 2.96. The molecular formula is C15H22N2O2. The molecule has 1 aromatic rings. The Balaban J connectivity index is 1.69. The summed E-state index contributed by atoms with van der Waals surface area (Å²) in [4.78, 5) is 11.4. The highest BCUT2D eigenvalue weighted by Gasteiger charge is 2.14. The fourth-order valence-electron chi connectivity index (χ4n) is 2.27. The van der Waals surface area contributed by atoms with E-state index in [1.54, 1.807) is 7.05 Å². The first-order chi connectivity index (χ1) is 9.29. The summed E-state index contributed by atoms with van der Waals surface area (Å²) in [5.74, 6) is 0.684. The van der Waals surface area contributed by atoms with Gasteiger partial charge in [0.25, 0.3) is 5.91 Å². The van der Waals surface area contributed by atoms with Gasteiger partial charge in [0, 0.05) is 32.4 Å². The molecule has 19 heavy (non-hydrogen) atoms. The van der Waals surface area contributed by atoms with Crippen LogP contribution in [0.25, 0.3) is 0 Å². The zero-order chi connectivity index (χ0) is 13.5. The molecule has 0 bridgehead atoms. The van der Waals surface area contributed by atoms with Crippen molar-refractivity contribution in [2.45, 2.75) is 19.4 Å². The third kappa shape index (κ3) is 4.33. The van der Waals surface area contributed by atoms with Crippen molar-refractivity contribution in [3.63, 3.8) is 0 Å². The van der Waals surface area contributed by atoms with E-state index in [-0.39, 0.29) is 5.91 Å². The highest BCUT2D eigenvalue weighted by Crippen LogP contribution is 2.15. The Morgan fingerprint density at radius 2 is 2.16 bits per heavy atom. The molecule has 0 spiro atoms. The maximum absolute atomic E-state index is 11.4. The van der Waals surface area contributed by atoms with Gasteiger partial charge in [0.1, 0.15) is 0 Å². The van der Waals surface area contributed by atoms with Crippen molar-refractivity contribution in [2.24, 2.45) is 5.92 Å². The molecule has 1 amide bonds. The molecule has 2 N–H and O–H groups in total. The molecule has 4 nitrogen and oxygen atoms in total. The number of nitrogens with one attached hydrogen (secondary N) is 2. The van der Waals surface area contributed by atoms with E-state index in [0.29, 0.717) is 5.56 Å². The van der Waals surface area contributed by atoms with Crippen LogP contribution in [-0.2, 0) is 11.3 Å². The second-order valence-electron chi connectivity index (χ2n) is 4.97. The lowest BCUT2D eigenvalue weighted by molar-refractivity contribution is 0.0963. The Morgan fingerprint density at radius 3 is 2.79 bits per heavy atom. The molecule has 0 aliphatic carbocycles. The summed E-state index contributed by atoms with van der Waals surface area (Å²) < 4.78 is 5.35.